The van der Waals surface area contributed by atoms with Crippen molar-refractivity contribution in [2.75, 3.05) is 36.0 Å². The van der Waals surface area contributed by atoms with Gasteiger partial charge >= 0.3 is 0 Å². The van der Waals surface area contributed by atoms with Crippen molar-refractivity contribution in [1.29, 1.82) is 0 Å². The van der Waals surface area contributed by atoms with Gasteiger partial charge in [-0.05, 0) is 29.8 Å². The van der Waals surface area contributed by atoms with E-state index in [0.29, 0.717) is 6.54 Å². The quantitative estimate of drug-likeness (QED) is 0.945. The minimum atomic E-state index is 0.598. The zero-order valence-electron chi connectivity index (χ0n) is 12.0. The van der Waals surface area contributed by atoms with E-state index < -0.39 is 0 Å². The molecule has 3 nitrogen and oxygen atoms in total. The maximum atomic E-state index is 6.28. The Balaban J connectivity index is 1.66. The maximum Gasteiger partial charge on any atom is 0.0639 e. The molecule has 1 saturated heterocycles. The molecule has 0 amide bonds. The fourth-order valence-electron chi connectivity index (χ4n) is 2.76. The van der Waals surface area contributed by atoms with Gasteiger partial charge in [-0.3, -0.25) is 0 Å². The van der Waals surface area contributed by atoms with Crippen molar-refractivity contribution >= 4 is 23.0 Å². The van der Waals surface area contributed by atoms with Crippen LogP contribution in [0.2, 0.25) is 5.02 Å². The van der Waals surface area contributed by atoms with Crippen LogP contribution in [0.3, 0.4) is 0 Å². The molecule has 0 radical (unpaired) electrons. The van der Waals surface area contributed by atoms with Crippen LogP contribution in [0.15, 0.2) is 48.5 Å². The van der Waals surface area contributed by atoms with Gasteiger partial charge in [0.05, 0.1) is 10.7 Å². The molecular weight excluding hydrogens is 282 g/mol. The average molecular weight is 302 g/mol. The highest BCUT2D eigenvalue weighted by Gasteiger charge is 2.18. The summed E-state index contributed by atoms with van der Waals surface area (Å²) < 4.78 is 0. The number of hydrogen-bond donors (Lipinski definition) is 1. The molecule has 0 unspecified atom stereocenters. The lowest BCUT2D eigenvalue weighted by molar-refractivity contribution is 0.653. The summed E-state index contributed by atoms with van der Waals surface area (Å²) in [5.41, 5.74) is 9.22. The van der Waals surface area contributed by atoms with Crippen LogP contribution >= 0.6 is 11.6 Å². The van der Waals surface area contributed by atoms with E-state index in [4.69, 9.17) is 17.3 Å². The van der Waals surface area contributed by atoms with Gasteiger partial charge in [0.1, 0.15) is 0 Å². The van der Waals surface area contributed by atoms with Crippen LogP contribution in [0.1, 0.15) is 5.56 Å². The molecule has 0 spiro atoms. The number of rotatable bonds is 3. The van der Waals surface area contributed by atoms with Gasteiger partial charge in [-0.15, -0.1) is 0 Å². The summed E-state index contributed by atoms with van der Waals surface area (Å²) in [4.78, 5) is 4.76. The van der Waals surface area contributed by atoms with Crippen molar-refractivity contribution in [3.05, 3.63) is 59.1 Å². The zero-order chi connectivity index (χ0) is 14.7. The topological polar surface area (TPSA) is 32.5 Å². The molecule has 1 aliphatic heterocycles. The number of hydrogen-bond acceptors (Lipinski definition) is 3. The third-order valence-corrected chi connectivity index (χ3v) is 4.33. The number of nitrogens with two attached hydrogens (primary N) is 1. The summed E-state index contributed by atoms with van der Waals surface area (Å²) in [7, 11) is 0. The lowest BCUT2D eigenvalue weighted by atomic mass is 10.1. The van der Waals surface area contributed by atoms with Gasteiger partial charge in [-0.25, -0.2) is 0 Å². The largest absolute Gasteiger partial charge is 0.368 e. The normalized spacial score (nSPS) is 15.3. The van der Waals surface area contributed by atoms with E-state index in [1.807, 2.05) is 18.2 Å². The highest BCUT2D eigenvalue weighted by atomic mass is 35.5. The van der Waals surface area contributed by atoms with Gasteiger partial charge in [0, 0.05) is 38.4 Å². The van der Waals surface area contributed by atoms with Crippen LogP contribution in [-0.2, 0) is 6.54 Å². The molecule has 1 aliphatic rings. The van der Waals surface area contributed by atoms with E-state index in [9.17, 15) is 0 Å². The first kappa shape index (κ1) is 14.2. The molecule has 1 heterocycles. The number of nitrogens with zero attached hydrogens (tertiary/aromatic N) is 2. The van der Waals surface area contributed by atoms with Crippen molar-refractivity contribution in [1.82, 2.24) is 0 Å². The first-order valence-electron chi connectivity index (χ1n) is 7.31. The minimum absolute atomic E-state index is 0.598. The Hall–Kier alpha value is -1.71. The van der Waals surface area contributed by atoms with Crippen molar-refractivity contribution in [2.45, 2.75) is 6.54 Å². The van der Waals surface area contributed by atoms with Gasteiger partial charge < -0.3 is 15.5 Å². The summed E-state index contributed by atoms with van der Waals surface area (Å²) in [5, 5.41) is 0.832. The number of para-hydroxylation sites is 1. The smallest absolute Gasteiger partial charge is 0.0639 e. The SMILES string of the molecule is NCc1ccc(N2CCN(c3ccccc3Cl)CC2)cc1. The molecule has 2 N–H and O–H groups in total. The average Bonchev–Trinajstić information content (AvgIpc) is 2.56. The maximum absolute atomic E-state index is 6.28. The molecular formula is C17H20ClN3. The molecule has 2 aromatic rings. The number of benzene rings is 2. The number of halogens is 1. The summed E-state index contributed by atoms with van der Waals surface area (Å²) in [6.07, 6.45) is 0. The fourth-order valence-corrected chi connectivity index (χ4v) is 3.01. The molecule has 3 rings (SSSR count). The molecule has 1 fully saturated rings. The van der Waals surface area contributed by atoms with E-state index >= 15 is 0 Å². The van der Waals surface area contributed by atoms with E-state index in [-0.39, 0.29) is 0 Å². The Kier molecular flexibility index (Phi) is 4.32. The molecule has 21 heavy (non-hydrogen) atoms. The van der Waals surface area contributed by atoms with Crippen LogP contribution in [0.25, 0.3) is 0 Å². The Morgan fingerprint density at radius 3 is 2.10 bits per heavy atom. The van der Waals surface area contributed by atoms with Crippen LogP contribution in [-0.4, -0.2) is 26.2 Å². The Bertz CT molecular complexity index is 589. The van der Waals surface area contributed by atoms with E-state index in [0.717, 1.165) is 36.9 Å². The van der Waals surface area contributed by atoms with Gasteiger partial charge in [0.2, 0.25) is 0 Å². The lowest BCUT2D eigenvalue weighted by Gasteiger charge is -2.37. The monoisotopic (exact) mass is 301 g/mol. The molecule has 0 aliphatic carbocycles. The summed E-state index contributed by atoms with van der Waals surface area (Å²) >= 11 is 6.28. The molecule has 2 aromatic carbocycles. The Morgan fingerprint density at radius 1 is 0.857 bits per heavy atom. The van der Waals surface area contributed by atoms with Crippen molar-refractivity contribution in [2.24, 2.45) is 5.73 Å². The van der Waals surface area contributed by atoms with E-state index in [1.54, 1.807) is 0 Å². The van der Waals surface area contributed by atoms with Gasteiger partial charge in [0.25, 0.3) is 0 Å². The van der Waals surface area contributed by atoms with Gasteiger partial charge in [-0.1, -0.05) is 35.9 Å². The second-order valence-electron chi connectivity index (χ2n) is 5.30. The van der Waals surface area contributed by atoms with Crippen LogP contribution < -0.4 is 15.5 Å². The Labute approximate surface area is 130 Å². The predicted octanol–water partition coefficient (Wildman–Crippen LogP) is 3.13. The third-order valence-electron chi connectivity index (χ3n) is 4.01. The first-order chi connectivity index (χ1) is 10.3. The molecule has 4 heteroatoms. The van der Waals surface area contributed by atoms with Crippen molar-refractivity contribution < 1.29 is 0 Å². The highest BCUT2D eigenvalue weighted by molar-refractivity contribution is 6.33. The van der Waals surface area contributed by atoms with E-state index in [2.05, 4.69) is 40.1 Å². The second-order valence-corrected chi connectivity index (χ2v) is 5.70. The fraction of sp³-hybridized carbons (Fsp3) is 0.294. The summed E-state index contributed by atoms with van der Waals surface area (Å²) in [6, 6.07) is 16.6. The third kappa shape index (κ3) is 3.14. The zero-order valence-corrected chi connectivity index (χ0v) is 12.8. The van der Waals surface area contributed by atoms with Crippen LogP contribution in [0, 0.1) is 0 Å². The molecule has 0 aromatic heterocycles. The van der Waals surface area contributed by atoms with Gasteiger partial charge in [0.15, 0.2) is 0 Å². The first-order valence-corrected chi connectivity index (χ1v) is 7.69. The number of piperazine rings is 1. The molecule has 0 atom stereocenters. The minimum Gasteiger partial charge on any atom is -0.368 e. The molecule has 0 bridgehead atoms. The lowest BCUT2D eigenvalue weighted by Crippen LogP contribution is -2.46. The molecule has 110 valence electrons. The van der Waals surface area contributed by atoms with Crippen molar-refractivity contribution in [3.8, 4) is 0 Å². The predicted molar refractivity (Wildman–Crippen MR) is 90.2 cm³/mol. The highest BCUT2D eigenvalue weighted by Crippen LogP contribution is 2.27. The standard InChI is InChI=1S/C17H20ClN3/c18-16-3-1-2-4-17(16)21-11-9-20(10-12-21)15-7-5-14(13-19)6-8-15/h1-8H,9-13,19H2. The molecule has 0 saturated carbocycles. The van der Waals surface area contributed by atoms with Crippen molar-refractivity contribution in [3.63, 3.8) is 0 Å². The Morgan fingerprint density at radius 2 is 1.48 bits per heavy atom. The second kappa shape index (κ2) is 6.37. The van der Waals surface area contributed by atoms with E-state index in [1.165, 1.54) is 11.3 Å². The van der Waals surface area contributed by atoms with Crippen LogP contribution in [0.4, 0.5) is 11.4 Å². The summed E-state index contributed by atoms with van der Waals surface area (Å²) in [5.74, 6) is 0. The van der Waals surface area contributed by atoms with Crippen LogP contribution in [0.5, 0.6) is 0 Å². The number of anilines is 2. The van der Waals surface area contributed by atoms with Gasteiger partial charge in [-0.2, -0.15) is 0 Å². The summed E-state index contributed by atoms with van der Waals surface area (Å²) in [6.45, 7) is 4.59.